The van der Waals surface area contributed by atoms with Crippen molar-refractivity contribution in [3.8, 4) is 0 Å². The Morgan fingerprint density at radius 2 is 2.00 bits per heavy atom. The number of carboxylic acids is 1. The van der Waals surface area contributed by atoms with Crippen LogP contribution in [-0.4, -0.2) is 35.1 Å². The van der Waals surface area contributed by atoms with E-state index >= 15 is 0 Å². The second-order valence-electron chi connectivity index (χ2n) is 4.54. The van der Waals surface area contributed by atoms with Gasteiger partial charge >= 0.3 is 5.97 Å². The lowest BCUT2D eigenvalue weighted by atomic mass is 10.0. The smallest absolute Gasteiger partial charge is 0.321 e. The molecule has 5 heteroatoms. The maximum absolute atomic E-state index is 11.4. The third-order valence-corrected chi connectivity index (χ3v) is 3.88. The number of nitrogens with zero attached hydrogens (tertiary/aromatic N) is 1. The maximum Gasteiger partial charge on any atom is 0.321 e. The van der Waals surface area contributed by atoms with Gasteiger partial charge in [-0.3, -0.25) is 9.69 Å². The molecule has 3 nitrogen and oxygen atoms in total. The highest BCUT2D eigenvalue weighted by Crippen LogP contribution is 2.24. The summed E-state index contributed by atoms with van der Waals surface area (Å²) in [6.07, 6.45) is 2.56. The quantitative estimate of drug-likeness (QED) is 0.925. The van der Waals surface area contributed by atoms with Crippen LogP contribution < -0.4 is 0 Å². The fourth-order valence-electron chi connectivity index (χ4n) is 2.32. The lowest BCUT2D eigenvalue weighted by Crippen LogP contribution is -2.40. The number of rotatable bonds is 4. The highest BCUT2D eigenvalue weighted by molar-refractivity contribution is 6.35. The van der Waals surface area contributed by atoms with E-state index in [1.807, 2.05) is 4.90 Å². The van der Waals surface area contributed by atoms with Crippen LogP contribution >= 0.6 is 23.2 Å². The number of benzene rings is 1. The predicted molar refractivity (Wildman–Crippen MR) is 72.4 cm³/mol. The Bertz CT molecular complexity index is 445. The number of likely N-dealkylation sites (tertiary alicyclic amines) is 1. The Balaban J connectivity index is 2.15. The van der Waals surface area contributed by atoms with Gasteiger partial charge in [0.2, 0.25) is 0 Å². The summed E-state index contributed by atoms with van der Waals surface area (Å²) in [5.74, 6) is -0.789. The molecule has 98 valence electrons. The number of aliphatic carboxylic acids is 1. The van der Waals surface area contributed by atoms with Crippen LogP contribution in [0.2, 0.25) is 10.0 Å². The molecule has 0 saturated carbocycles. The normalized spacial score (nSPS) is 17.9. The first-order valence-electron chi connectivity index (χ1n) is 5.98. The molecule has 1 fully saturated rings. The molecular weight excluding hydrogens is 273 g/mol. The van der Waals surface area contributed by atoms with Crippen LogP contribution in [0.4, 0.5) is 0 Å². The summed E-state index contributed by atoms with van der Waals surface area (Å²) in [6.45, 7) is 1.70. The largest absolute Gasteiger partial charge is 0.480 e. The second-order valence-corrected chi connectivity index (χ2v) is 5.38. The van der Waals surface area contributed by atoms with Gasteiger partial charge in [-0.2, -0.15) is 0 Å². The van der Waals surface area contributed by atoms with Crippen LogP contribution in [0.1, 0.15) is 18.4 Å². The minimum Gasteiger partial charge on any atom is -0.480 e. The molecule has 1 aliphatic rings. The summed E-state index contributed by atoms with van der Waals surface area (Å²) >= 11 is 11.9. The number of carboxylic acid groups (broad SMARTS) is 1. The molecule has 1 saturated heterocycles. The van der Waals surface area contributed by atoms with Gasteiger partial charge in [0.1, 0.15) is 6.04 Å². The zero-order valence-electron chi connectivity index (χ0n) is 9.90. The van der Waals surface area contributed by atoms with Crippen molar-refractivity contribution in [1.82, 2.24) is 4.90 Å². The Hall–Kier alpha value is -0.770. The molecule has 0 unspecified atom stereocenters. The average Bonchev–Trinajstić information content (AvgIpc) is 2.80. The molecule has 1 atom stereocenters. The summed E-state index contributed by atoms with van der Waals surface area (Å²) in [4.78, 5) is 13.4. The third-order valence-electron chi connectivity index (χ3n) is 3.29. The van der Waals surface area contributed by atoms with E-state index in [1.165, 1.54) is 0 Å². The van der Waals surface area contributed by atoms with Crippen molar-refractivity contribution in [3.05, 3.63) is 33.8 Å². The van der Waals surface area contributed by atoms with Crippen LogP contribution in [0.5, 0.6) is 0 Å². The lowest BCUT2D eigenvalue weighted by molar-refractivity contribution is -0.142. The molecule has 2 rings (SSSR count). The zero-order valence-corrected chi connectivity index (χ0v) is 11.4. The van der Waals surface area contributed by atoms with Gasteiger partial charge in [-0.15, -0.1) is 0 Å². The van der Waals surface area contributed by atoms with Crippen molar-refractivity contribution in [3.63, 3.8) is 0 Å². The Labute approximate surface area is 116 Å². The zero-order chi connectivity index (χ0) is 13.1. The molecule has 1 aliphatic heterocycles. The fourth-order valence-corrected chi connectivity index (χ4v) is 2.81. The van der Waals surface area contributed by atoms with Gasteiger partial charge in [0.15, 0.2) is 0 Å². The summed E-state index contributed by atoms with van der Waals surface area (Å²) in [5, 5.41) is 10.4. The van der Waals surface area contributed by atoms with Crippen molar-refractivity contribution in [2.75, 3.05) is 13.1 Å². The van der Waals surface area contributed by atoms with Gasteiger partial charge in [0.05, 0.1) is 0 Å². The average molecular weight is 288 g/mol. The van der Waals surface area contributed by atoms with Gasteiger partial charge < -0.3 is 5.11 Å². The van der Waals surface area contributed by atoms with Gasteiger partial charge in [-0.1, -0.05) is 29.3 Å². The summed E-state index contributed by atoms with van der Waals surface area (Å²) in [7, 11) is 0. The predicted octanol–water partition coefficient (Wildman–Crippen LogP) is 3.08. The summed E-state index contributed by atoms with van der Waals surface area (Å²) in [5.41, 5.74) is 0.834. The SMILES string of the molecule is O=C(O)[C@@H](Cc1ccc(Cl)cc1Cl)N1CCCC1. The van der Waals surface area contributed by atoms with Gasteiger partial charge in [-0.05, 0) is 43.6 Å². The minimum atomic E-state index is -0.789. The monoisotopic (exact) mass is 287 g/mol. The van der Waals surface area contributed by atoms with Crippen LogP contribution in [0.25, 0.3) is 0 Å². The lowest BCUT2D eigenvalue weighted by Gasteiger charge is -2.24. The first-order chi connectivity index (χ1) is 8.58. The van der Waals surface area contributed by atoms with Crippen molar-refractivity contribution in [1.29, 1.82) is 0 Å². The van der Waals surface area contributed by atoms with Crippen molar-refractivity contribution < 1.29 is 9.90 Å². The van der Waals surface area contributed by atoms with E-state index in [1.54, 1.807) is 18.2 Å². The van der Waals surface area contributed by atoms with E-state index in [9.17, 15) is 9.90 Å². The number of hydrogen-bond donors (Lipinski definition) is 1. The fraction of sp³-hybridized carbons (Fsp3) is 0.462. The maximum atomic E-state index is 11.4. The molecule has 1 N–H and O–H groups in total. The van der Waals surface area contributed by atoms with E-state index in [2.05, 4.69) is 0 Å². The van der Waals surface area contributed by atoms with Crippen molar-refractivity contribution >= 4 is 29.2 Å². The van der Waals surface area contributed by atoms with Crippen LogP contribution in [0.3, 0.4) is 0 Å². The van der Waals surface area contributed by atoms with Crippen LogP contribution in [-0.2, 0) is 11.2 Å². The molecular formula is C13H15Cl2NO2. The van der Waals surface area contributed by atoms with E-state index in [0.717, 1.165) is 31.5 Å². The minimum absolute atomic E-state index is 0.422. The molecule has 0 aromatic heterocycles. The standard InChI is InChI=1S/C13H15Cl2NO2/c14-10-4-3-9(11(15)8-10)7-12(13(17)18)16-5-1-2-6-16/h3-4,8,12H,1-2,5-7H2,(H,17,18)/t12-/m1/s1. The molecule has 0 radical (unpaired) electrons. The van der Waals surface area contributed by atoms with E-state index in [4.69, 9.17) is 23.2 Å². The molecule has 1 aromatic rings. The Morgan fingerprint density at radius 3 is 2.56 bits per heavy atom. The van der Waals surface area contributed by atoms with Crippen LogP contribution in [0.15, 0.2) is 18.2 Å². The van der Waals surface area contributed by atoms with E-state index < -0.39 is 12.0 Å². The molecule has 18 heavy (non-hydrogen) atoms. The van der Waals surface area contributed by atoms with Gasteiger partial charge in [0, 0.05) is 16.5 Å². The number of carbonyl (C=O) groups is 1. The molecule has 0 bridgehead atoms. The highest BCUT2D eigenvalue weighted by atomic mass is 35.5. The third kappa shape index (κ3) is 3.16. The molecule has 0 aliphatic carbocycles. The number of halogens is 2. The topological polar surface area (TPSA) is 40.5 Å². The molecule has 0 spiro atoms. The van der Waals surface area contributed by atoms with Crippen LogP contribution in [0, 0.1) is 0 Å². The van der Waals surface area contributed by atoms with Gasteiger partial charge in [0.25, 0.3) is 0 Å². The summed E-state index contributed by atoms with van der Waals surface area (Å²) < 4.78 is 0. The van der Waals surface area contributed by atoms with E-state index in [0.29, 0.717) is 16.5 Å². The molecule has 1 aromatic carbocycles. The summed E-state index contributed by atoms with van der Waals surface area (Å²) in [6, 6.07) is 4.70. The molecule has 0 amide bonds. The van der Waals surface area contributed by atoms with Crippen molar-refractivity contribution in [2.45, 2.75) is 25.3 Å². The second kappa shape index (κ2) is 5.91. The molecule has 1 heterocycles. The Morgan fingerprint density at radius 1 is 1.33 bits per heavy atom. The first-order valence-corrected chi connectivity index (χ1v) is 6.74. The Kier molecular flexibility index (Phi) is 4.49. The van der Waals surface area contributed by atoms with E-state index in [-0.39, 0.29) is 0 Å². The first kappa shape index (κ1) is 13.7. The number of hydrogen-bond acceptors (Lipinski definition) is 2. The van der Waals surface area contributed by atoms with Crippen molar-refractivity contribution in [2.24, 2.45) is 0 Å². The van der Waals surface area contributed by atoms with Gasteiger partial charge in [-0.25, -0.2) is 0 Å². The highest BCUT2D eigenvalue weighted by Gasteiger charge is 2.28.